The molecule has 2 N–H and O–H groups in total. The maximum absolute atomic E-state index is 12.9. The highest BCUT2D eigenvalue weighted by atomic mass is 16.5. The number of hydrogen-bond acceptors (Lipinski definition) is 4. The van der Waals surface area contributed by atoms with Crippen LogP contribution >= 0.6 is 0 Å². The first-order valence-electron chi connectivity index (χ1n) is 7.07. The van der Waals surface area contributed by atoms with Gasteiger partial charge in [0.2, 0.25) is 11.8 Å². The summed E-state index contributed by atoms with van der Waals surface area (Å²) in [6.45, 7) is 4.29. The highest BCUT2D eigenvalue weighted by Gasteiger charge is 2.52. The molecule has 2 amide bonds. The van der Waals surface area contributed by atoms with Crippen molar-refractivity contribution < 1.29 is 14.3 Å². The molecule has 0 radical (unpaired) electrons. The molecule has 3 rings (SSSR count). The quantitative estimate of drug-likeness (QED) is 0.637. The van der Waals surface area contributed by atoms with E-state index in [1.54, 1.807) is 4.90 Å². The third kappa shape index (κ3) is 2.23. The van der Waals surface area contributed by atoms with E-state index < -0.39 is 5.41 Å². The lowest BCUT2D eigenvalue weighted by Gasteiger charge is -2.40. The van der Waals surface area contributed by atoms with Crippen molar-refractivity contribution in [2.45, 2.75) is 12.8 Å². The van der Waals surface area contributed by atoms with E-state index in [4.69, 9.17) is 4.74 Å². The average Bonchev–Trinajstić information content (AvgIpc) is 2.75. The fraction of sp³-hybridized carbons (Fsp3) is 0.846. The second kappa shape index (κ2) is 5.09. The van der Waals surface area contributed by atoms with E-state index >= 15 is 0 Å². The molecule has 3 fully saturated rings. The van der Waals surface area contributed by atoms with Gasteiger partial charge in [-0.1, -0.05) is 0 Å². The van der Waals surface area contributed by atoms with Gasteiger partial charge in [-0.3, -0.25) is 9.59 Å². The van der Waals surface area contributed by atoms with Crippen LogP contribution in [-0.4, -0.2) is 62.7 Å². The average molecular weight is 267 g/mol. The highest BCUT2D eigenvalue weighted by molar-refractivity contribution is 5.89. The predicted molar refractivity (Wildman–Crippen MR) is 68.4 cm³/mol. The monoisotopic (exact) mass is 267 g/mol. The zero-order valence-electron chi connectivity index (χ0n) is 11.1. The zero-order valence-corrected chi connectivity index (χ0v) is 11.1. The molecule has 3 aliphatic heterocycles. The van der Waals surface area contributed by atoms with Gasteiger partial charge in [0.25, 0.3) is 0 Å². The molecule has 3 heterocycles. The number of nitrogens with one attached hydrogen (secondary N) is 2. The van der Waals surface area contributed by atoms with Crippen LogP contribution in [0.25, 0.3) is 0 Å². The molecule has 3 aliphatic rings. The van der Waals surface area contributed by atoms with Gasteiger partial charge in [0.1, 0.15) is 0 Å². The van der Waals surface area contributed by atoms with E-state index in [0.29, 0.717) is 32.2 Å². The van der Waals surface area contributed by atoms with Gasteiger partial charge in [0, 0.05) is 26.2 Å². The van der Waals surface area contributed by atoms with Gasteiger partial charge in [0.05, 0.1) is 18.6 Å². The number of carbonyl (C=O) groups is 2. The minimum atomic E-state index is -0.442. The number of amides is 2. The molecule has 6 nitrogen and oxygen atoms in total. The van der Waals surface area contributed by atoms with E-state index in [2.05, 4.69) is 10.6 Å². The first-order valence-corrected chi connectivity index (χ1v) is 7.07. The molecule has 0 bridgehead atoms. The van der Waals surface area contributed by atoms with E-state index in [0.717, 1.165) is 26.0 Å². The molecule has 0 aliphatic carbocycles. The SMILES string of the molecule is O=C1CN(C(=O)[C@]23CNC[C@H]2CCOC3)CCCN1. The summed E-state index contributed by atoms with van der Waals surface area (Å²) >= 11 is 0. The van der Waals surface area contributed by atoms with Gasteiger partial charge in [-0.2, -0.15) is 0 Å². The van der Waals surface area contributed by atoms with Crippen molar-refractivity contribution in [3.63, 3.8) is 0 Å². The summed E-state index contributed by atoms with van der Waals surface area (Å²) < 4.78 is 5.57. The topological polar surface area (TPSA) is 70.7 Å². The fourth-order valence-corrected chi connectivity index (χ4v) is 3.44. The molecule has 0 aromatic rings. The molecule has 0 unspecified atom stereocenters. The van der Waals surface area contributed by atoms with Crippen molar-refractivity contribution in [1.82, 2.24) is 15.5 Å². The summed E-state index contributed by atoms with van der Waals surface area (Å²) in [7, 11) is 0. The minimum Gasteiger partial charge on any atom is -0.380 e. The highest BCUT2D eigenvalue weighted by Crippen LogP contribution is 2.39. The second-order valence-corrected chi connectivity index (χ2v) is 5.76. The molecule has 2 atom stereocenters. The van der Waals surface area contributed by atoms with Crippen molar-refractivity contribution in [3.05, 3.63) is 0 Å². The van der Waals surface area contributed by atoms with Gasteiger partial charge >= 0.3 is 0 Å². The normalized spacial score (nSPS) is 35.5. The summed E-state index contributed by atoms with van der Waals surface area (Å²) in [5.41, 5.74) is -0.442. The van der Waals surface area contributed by atoms with Crippen LogP contribution < -0.4 is 10.6 Å². The summed E-state index contributed by atoms with van der Waals surface area (Å²) in [6, 6.07) is 0. The maximum atomic E-state index is 12.9. The lowest BCUT2D eigenvalue weighted by molar-refractivity contribution is -0.154. The lowest BCUT2D eigenvalue weighted by Crippen LogP contribution is -2.54. The minimum absolute atomic E-state index is 0.0542. The molecule has 0 aromatic carbocycles. The Morgan fingerprint density at radius 1 is 1.47 bits per heavy atom. The third-order valence-electron chi connectivity index (χ3n) is 4.56. The van der Waals surface area contributed by atoms with Gasteiger partial charge in [0.15, 0.2) is 0 Å². The Hall–Kier alpha value is -1.14. The van der Waals surface area contributed by atoms with Crippen molar-refractivity contribution >= 4 is 11.8 Å². The molecule has 106 valence electrons. The van der Waals surface area contributed by atoms with E-state index in [1.807, 2.05) is 0 Å². The first-order chi connectivity index (χ1) is 9.22. The standard InChI is InChI=1S/C13H21N3O3/c17-11-7-16(4-1-3-15-11)12(18)13-8-14-6-10(13)2-5-19-9-13/h10,14H,1-9H2,(H,15,17)/t10-,13+/m1/s1. The largest absolute Gasteiger partial charge is 0.380 e. The van der Waals surface area contributed by atoms with Crippen molar-refractivity contribution in [2.75, 3.05) is 45.9 Å². The number of ether oxygens (including phenoxy) is 1. The number of rotatable bonds is 1. The fourth-order valence-electron chi connectivity index (χ4n) is 3.44. The van der Waals surface area contributed by atoms with Crippen molar-refractivity contribution in [2.24, 2.45) is 11.3 Å². The van der Waals surface area contributed by atoms with Crippen LogP contribution in [0.5, 0.6) is 0 Å². The predicted octanol–water partition coefficient (Wildman–Crippen LogP) is -1.04. The van der Waals surface area contributed by atoms with Gasteiger partial charge in [-0.25, -0.2) is 0 Å². The smallest absolute Gasteiger partial charge is 0.239 e. The Bertz CT molecular complexity index is 387. The summed E-state index contributed by atoms with van der Waals surface area (Å²) in [5.74, 6) is 0.390. The number of hydrogen-bond donors (Lipinski definition) is 2. The number of nitrogens with zero attached hydrogens (tertiary/aromatic N) is 1. The van der Waals surface area contributed by atoms with Crippen LogP contribution in [0.4, 0.5) is 0 Å². The second-order valence-electron chi connectivity index (χ2n) is 5.76. The Morgan fingerprint density at radius 3 is 3.26 bits per heavy atom. The van der Waals surface area contributed by atoms with Crippen molar-refractivity contribution in [1.29, 1.82) is 0 Å². The lowest BCUT2D eigenvalue weighted by atomic mass is 9.74. The Balaban J connectivity index is 1.79. The third-order valence-corrected chi connectivity index (χ3v) is 4.56. The zero-order chi connectivity index (χ0) is 13.3. The summed E-state index contributed by atoms with van der Waals surface area (Å²) in [6.07, 6.45) is 1.76. The molecule has 19 heavy (non-hydrogen) atoms. The van der Waals surface area contributed by atoms with Crippen molar-refractivity contribution in [3.8, 4) is 0 Å². The number of fused-ring (bicyclic) bond motifs is 1. The van der Waals surface area contributed by atoms with Crippen LogP contribution in [-0.2, 0) is 14.3 Å². The van der Waals surface area contributed by atoms with E-state index in [-0.39, 0.29) is 18.4 Å². The maximum Gasteiger partial charge on any atom is 0.239 e. The molecule has 3 saturated heterocycles. The Kier molecular flexibility index (Phi) is 3.45. The van der Waals surface area contributed by atoms with Crippen LogP contribution in [0.3, 0.4) is 0 Å². The molecule has 6 heteroatoms. The molecule has 0 aromatic heterocycles. The Labute approximate surface area is 112 Å². The Morgan fingerprint density at radius 2 is 2.37 bits per heavy atom. The first kappa shape index (κ1) is 12.9. The molecule has 0 spiro atoms. The molecule has 0 saturated carbocycles. The van der Waals surface area contributed by atoms with Crippen LogP contribution in [0, 0.1) is 11.3 Å². The van der Waals surface area contributed by atoms with E-state index in [1.165, 1.54) is 0 Å². The summed E-state index contributed by atoms with van der Waals surface area (Å²) in [5, 5.41) is 6.13. The molecular formula is C13H21N3O3. The van der Waals surface area contributed by atoms with Crippen LogP contribution in [0.2, 0.25) is 0 Å². The van der Waals surface area contributed by atoms with Gasteiger partial charge in [-0.05, 0) is 25.3 Å². The number of carbonyl (C=O) groups excluding carboxylic acids is 2. The van der Waals surface area contributed by atoms with Gasteiger partial charge < -0.3 is 20.3 Å². The summed E-state index contributed by atoms with van der Waals surface area (Å²) in [4.78, 5) is 26.2. The van der Waals surface area contributed by atoms with E-state index in [9.17, 15) is 9.59 Å². The van der Waals surface area contributed by atoms with Gasteiger partial charge in [-0.15, -0.1) is 0 Å². The van der Waals surface area contributed by atoms with Crippen LogP contribution in [0.15, 0.2) is 0 Å². The van der Waals surface area contributed by atoms with Crippen LogP contribution in [0.1, 0.15) is 12.8 Å². The molecular weight excluding hydrogens is 246 g/mol.